The molecule has 0 aromatic carbocycles. The number of hydrogen-bond acceptors (Lipinski definition) is 5. The van der Waals surface area contributed by atoms with Gasteiger partial charge in [0.1, 0.15) is 5.82 Å². The molecule has 1 aliphatic rings. The van der Waals surface area contributed by atoms with Crippen LogP contribution < -0.4 is 10.2 Å². The fourth-order valence-corrected chi connectivity index (χ4v) is 3.60. The predicted molar refractivity (Wildman–Crippen MR) is 89.2 cm³/mol. The quantitative estimate of drug-likeness (QED) is 0.933. The summed E-state index contributed by atoms with van der Waals surface area (Å²) < 4.78 is 0. The molecule has 1 aliphatic heterocycles. The topological polar surface area (TPSA) is 41.1 Å². The minimum absolute atomic E-state index is 0.822. The largest absolute Gasteiger partial charge is 0.379 e. The van der Waals surface area contributed by atoms with Crippen molar-refractivity contribution < 1.29 is 0 Å². The maximum atomic E-state index is 4.59. The molecular weight excluding hydrogens is 280 g/mol. The SMILES string of the molecule is Cc1nc(C)c(CNc2ccc(N3CCCCC3)nc2)s1. The summed E-state index contributed by atoms with van der Waals surface area (Å²) in [6.07, 6.45) is 5.86. The molecule has 0 saturated carbocycles. The van der Waals surface area contributed by atoms with E-state index in [9.17, 15) is 0 Å². The van der Waals surface area contributed by atoms with Gasteiger partial charge in [-0.2, -0.15) is 0 Å². The van der Waals surface area contributed by atoms with Crippen LogP contribution >= 0.6 is 11.3 Å². The van der Waals surface area contributed by atoms with E-state index in [1.165, 1.54) is 24.1 Å². The minimum Gasteiger partial charge on any atom is -0.379 e. The lowest BCUT2D eigenvalue weighted by Gasteiger charge is -2.27. The van der Waals surface area contributed by atoms with Crippen LogP contribution in [0.3, 0.4) is 0 Å². The molecule has 4 nitrogen and oxygen atoms in total. The van der Waals surface area contributed by atoms with E-state index >= 15 is 0 Å². The molecule has 112 valence electrons. The van der Waals surface area contributed by atoms with Gasteiger partial charge in [-0.25, -0.2) is 9.97 Å². The van der Waals surface area contributed by atoms with Crippen molar-refractivity contribution in [3.05, 3.63) is 33.9 Å². The van der Waals surface area contributed by atoms with Crippen molar-refractivity contribution in [2.45, 2.75) is 39.7 Å². The Kier molecular flexibility index (Phi) is 4.39. The second kappa shape index (κ2) is 6.43. The van der Waals surface area contributed by atoms with E-state index in [2.05, 4.69) is 46.2 Å². The van der Waals surface area contributed by atoms with Crippen molar-refractivity contribution >= 4 is 22.8 Å². The van der Waals surface area contributed by atoms with E-state index in [-0.39, 0.29) is 0 Å². The Bertz CT molecular complexity index is 585. The smallest absolute Gasteiger partial charge is 0.128 e. The molecule has 21 heavy (non-hydrogen) atoms. The van der Waals surface area contributed by atoms with Crippen LogP contribution in [0.2, 0.25) is 0 Å². The highest BCUT2D eigenvalue weighted by Gasteiger charge is 2.11. The molecule has 0 bridgehead atoms. The van der Waals surface area contributed by atoms with E-state index in [1.54, 1.807) is 11.3 Å². The Morgan fingerprint density at radius 3 is 2.62 bits per heavy atom. The first-order valence-electron chi connectivity index (χ1n) is 7.60. The second-order valence-corrected chi connectivity index (χ2v) is 6.84. The lowest BCUT2D eigenvalue weighted by Crippen LogP contribution is -2.30. The molecular formula is C16H22N4S. The van der Waals surface area contributed by atoms with Gasteiger partial charge in [0, 0.05) is 18.0 Å². The molecule has 3 rings (SSSR count). The summed E-state index contributed by atoms with van der Waals surface area (Å²) in [5.41, 5.74) is 2.20. The van der Waals surface area contributed by atoms with Gasteiger partial charge in [0.2, 0.25) is 0 Å². The van der Waals surface area contributed by atoms with Crippen LogP contribution in [-0.4, -0.2) is 23.1 Å². The van der Waals surface area contributed by atoms with E-state index < -0.39 is 0 Å². The highest BCUT2D eigenvalue weighted by Crippen LogP contribution is 2.21. The highest BCUT2D eigenvalue weighted by molar-refractivity contribution is 7.11. The molecule has 0 radical (unpaired) electrons. The zero-order chi connectivity index (χ0) is 14.7. The van der Waals surface area contributed by atoms with E-state index in [1.807, 2.05) is 6.20 Å². The van der Waals surface area contributed by atoms with Crippen LogP contribution in [-0.2, 0) is 6.54 Å². The zero-order valence-corrected chi connectivity index (χ0v) is 13.5. The van der Waals surface area contributed by atoms with Crippen LogP contribution in [0.15, 0.2) is 18.3 Å². The molecule has 1 saturated heterocycles. The Morgan fingerprint density at radius 1 is 1.19 bits per heavy atom. The maximum Gasteiger partial charge on any atom is 0.128 e. The average Bonchev–Trinajstić information content (AvgIpc) is 2.84. The van der Waals surface area contributed by atoms with Crippen LogP contribution in [0.1, 0.15) is 34.8 Å². The molecule has 2 aromatic heterocycles. The standard InChI is InChI=1S/C16H22N4S/c1-12-15(21-13(2)19-12)11-17-14-6-7-16(18-10-14)20-8-4-3-5-9-20/h6-7,10,17H,3-5,8-9,11H2,1-2H3. The average molecular weight is 302 g/mol. The highest BCUT2D eigenvalue weighted by atomic mass is 32.1. The van der Waals surface area contributed by atoms with Gasteiger partial charge in [-0.05, 0) is 45.2 Å². The third-order valence-electron chi connectivity index (χ3n) is 3.88. The van der Waals surface area contributed by atoms with Gasteiger partial charge in [-0.15, -0.1) is 11.3 Å². The molecule has 0 unspecified atom stereocenters. The zero-order valence-electron chi connectivity index (χ0n) is 12.7. The lowest BCUT2D eigenvalue weighted by atomic mass is 10.1. The van der Waals surface area contributed by atoms with Gasteiger partial charge >= 0.3 is 0 Å². The number of hydrogen-bond donors (Lipinski definition) is 1. The number of aryl methyl sites for hydroxylation is 2. The summed E-state index contributed by atoms with van der Waals surface area (Å²) in [4.78, 5) is 12.7. The first-order valence-corrected chi connectivity index (χ1v) is 8.42. The summed E-state index contributed by atoms with van der Waals surface area (Å²) in [7, 11) is 0. The first kappa shape index (κ1) is 14.3. The summed E-state index contributed by atoms with van der Waals surface area (Å²) in [5, 5.41) is 4.56. The van der Waals surface area contributed by atoms with Crippen molar-refractivity contribution in [1.29, 1.82) is 0 Å². The molecule has 3 heterocycles. The van der Waals surface area contributed by atoms with Crippen molar-refractivity contribution in [3.8, 4) is 0 Å². The predicted octanol–water partition coefficient (Wildman–Crippen LogP) is 3.76. The van der Waals surface area contributed by atoms with Crippen molar-refractivity contribution in [2.24, 2.45) is 0 Å². The van der Waals surface area contributed by atoms with Crippen molar-refractivity contribution in [1.82, 2.24) is 9.97 Å². The Morgan fingerprint density at radius 2 is 2.00 bits per heavy atom. The summed E-state index contributed by atoms with van der Waals surface area (Å²) >= 11 is 1.76. The number of anilines is 2. The summed E-state index contributed by atoms with van der Waals surface area (Å²) in [6.45, 7) is 7.22. The number of pyridine rings is 1. The van der Waals surface area contributed by atoms with Crippen LogP contribution in [0.25, 0.3) is 0 Å². The summed E-state index contributed by atoms with van der Waals surface area (Å²) in [6, 6.07) is 4.25. The fraction of sp³-hybridized carbons (Fsp3) is 0.500. The van der Waals surface area contributed by atoms with E-state index in [0.29, 0.717) is 0 Å². The van der Waals surface area contributed by atoms with Gasteiger partial charge in [0.05, 0.1) is 29.1 Å². The molecule has 0 spiro atoms. The maximum absolute atomic E-state index is 4.59. The molecule has 0 aliphatic carbocycles. The number of thiazole rings is 1. The molecule has 1 N–H and O–H groups in total. The monoisotopic (exact) mass is 302 g/mol. The van der Waals surface area contributed by atoms with Gasteiger partial charge < -0.3 is 10.2 Å². The molecule has 0 amide bonds. The molecule has 2 aromatic rings. The second-order valence-electron chi connectivity index (χ2n) is 5.55. The lowest BCUT2D eigenvalue weighted by molar-refractivity contribution is 0.573. The Balaban J connectivity index is 1.60. The number of rotatable bonds is 4. The first-order chi connectivity index (χ1) is 10.2. The minimum atomic E-state index is 0.822. The third-order valence-corrected chi connectivity index (χ3v) is 4.95. The van der Waals surface area contributed by atoms with Crippen LogP contribution in [0.5, 0.6) is 0 Å². The van der Waals surface area contributed by atoms with Crippen molar-refractivity contribution in [2.75, 3.05) is 23.3 Å². The van der Waals surface area contributed by atoms with Gasteiger partial charge in [0.15, 0.2) is 0 Å². The fourth-order valence-electron chi connectivity index (χ4n) is 2.72. The molecule has 1 fully saturated rings. The van der Waals surface area contributed by atoms with E-state index in [0.717, 1.165) is 41.8 Å². The molecule has 5 heteroatoms. The summed E-state index contributed by atoms with van der Waals surface area (Å²) in [5.74, 6) is 1.10. The third kappa shape index (κ3) is 3.53. The normalized spacial score (nSPS) is 15.2. The van der Waals surface area contributed by atoms with E-state index in [4.69, 9.17) is 0 Å². The van der Waals surface area contributed by atoms with Crippen LogP contribution in [0, 0.1) is 13.8 Å². The number of nitrogens with zero attached hydrogens (tertiary/aromatic N) is 3. The van der Waals surface area contributed by atoms with Gasteiger partial charge in [-0.1, -0.05) is 0 Å². The number of nitrogens with one attached hydrogen (secondary N) is 1. The van der Waals surface area contributed by atoms with Gasteiger partial charge in [-0.3, -0.25) is 0 Å². The Labute approximate surface area is 130 Å². The van der Waals surface area contributed by atoms with Crippen molar-refractivity contribution in [3.63, 3.8) is 0 Å². The molecule has 0 atom stereocenters. The Hall–Kier alpha value is -1.62. The van der Waals surface area contributed by atoms with Crippen LogP contribution in [0.4, 0.5) is 11.5 Å². The number of piperidine rings is 1. The number of aromatic nitrogens is 2. The van der Waals surface area contributed by atoms with Gasteiger partial charge in [0.25, 0.3) is 0 Å².